The van der Waals surface area contributed by atoms with E-state index in [-0.39, 0.29) is 16.8 Å². The second kappa shape index (κ2) is 7.36. The quantitative estimate of drug-likeness (QED) is 0.682. The molecule has 0 saturated carbocycles. The van der Waals surface area contributed by atoms with Gasteiger partial charge in [0, 0.05) is 30.8 Å². The molecule has 1 atom stereocenters. The average Bonchev–Trinajstić information content (AvgIpc) is 3.09. The number of aromatic nitrogens is 4. The van der Waals surface area contributed by atoms with Crippen LogP contribution in [-0.4, -0.2) is 32.4 Å². The molecule has 0 bridgehead atoms. The molecule has 9 heteroatoms. The fourth-order valence-electron chi connectivity index (χ4n) is 3.95. The molecule has 1 unspecified atom stereocenters. The van der Waals surface area contributed by atoms with Gasteiger partial charge in [-0.25, -0.2) is 5.10 Å². The lowest BCUT2D eigenvalue weighted by atomic mass is 10.0. The number of hydrogen-bond acceptors (Lipinski definition) is 5. The van der Waals surface area contributed by atoms with Gasteiger partial charge in [0.1, 0.15) is 5.02 Å². The number of primary amides is 1. The number of anilines is 1. The Balaban J connectivity index is 1.77. The number of nitrogens with zero attached hydrogens (tertiary/aromatic N) is 4. The maximum Gasteiger partial charge on any atom is 0.285 e. The molecule has 0 fully saturated rings. The van der Waals surface area contributed by atoms with Crippen LogP contribution in [0.5, 0.6) is 0 Å². The van der Waals surface area contributed by atoms with E-state index < -0.39 is 11.5 Å². The molecule has 3 N–H and O–H groups in total. The third-order valence-corrected chi connectivity index (χ3v) is 5.81. The van der Waals surface area contributed by atoms with E-state index in [9.17, 15) is 9.59 Å². The smallest absolute Gasteiger partial charge is 0.285 e. The molecule has 2 aromatic heterocycles. The zero-order valence-corrected chi connectivity index (χ0v) is 16.9. The molecular formula is C20H21ClN6O2. The minimum atomic E-state index is -0.575. The Labute approximate surface area is 172 Å². The van der Waals surface area contributed by atoms with Crippen molar-refractivity contribution in [1.29, 1.82) is 0 Å². The molecule has 0 aliphatic carbocycles. The maximum atomic E-state index is 12.1. The standard InChI is InChI=1S/C20H21ClN6O2/c1-11-5-3-4-6-13(11)12(2)27-15-7-8-26(10-14(15)18(25-27)19(22)28)16-9-23-24-20(29)17(16)21/h3-6,9,12H,7-8,10H2,1-2H3,(H2,22,28)(H,24,29). The summed E-state index contributed by atoms with van der Waals surface area (Å²) in [5.74, 6) is -0.575. The summed E-state index contributed by atoms with van der Waals surface area (Å²) in [5, 5.41) is 10.8. The number of aryl methyl sites for hydroxylation is 1. The summed E-state index contributed by atoms with van der Waals surface area (Å²) in [6, 6.07) is 8.06. The summed E-state index contributed by atoms with van der Waals surface area (Å²) in [5.41, 5.74) is 9.98. The molecule has 3 heterocycles. The van der Waals surface area contributed by atoms with Crippen LogP contribution >= 0.6 is 11.6 Å². The Hall–Kier alpha value is -3.13. The number of carbonyl (C=O) groups is 1. The third-order valence-electron chi connectivity index (χ3n) is 5.44. The van der Waals surface area contributed by atoms with Gasteiger partial charge in [-0.1, -0.05) is 35.9 Å². The number of amides is 1. The summed E-state index contributed by atoms with van der Waals surface area (Å²) in [6.07, 6.45) is 2.15. The van der Waals surface area contributed by atoms with E-state index in [1.807, 2.05) is 21.7 Å². The van der Waals surface area contributed by atoms with Crippen LogP contribution in [-0.2, 0) is 13.0 Å². The number of fused-ring (bicyclic) bond motifs is 1. The number of benzene rings is 1. The summed E-state index contributed by atoms with van der Waals surface area (Å²) >= 11 is 6.17. The maximum absolute atomic E-state index is 12.1. The number of H-pyrrole nitrogens is 1. The molecule has 29 heavy (non-hydrogen) atoms. The van der Waals surface area contributed by atoms with Gasteiger partial charge in [0.15, 0.2) is 5.69 Å². The summed E-state index contributed by atoms with van der Waals surface area (Å²) in [6.45, 7) is 5.10. The monoisotopic (exact) mass is 412 g/mol. The van der Waals surface area contributed by atoms with Crippen LogP contribution in [0.1, 0.15) is 45.8 Å². The largest absolute Gasteiger partial charge is 0.364 e. The van der Waals surface area contributed by atoms with Crippen molar-refractivity contribution in [1.82, 2.24) is 20.0 Å². The minimum Gasteiger partial charge on any atom is -0.364 e. The van der Waals surface area contributed by atoms with Gasteiger partial charge in [0.05, 0.1) is 17.9 Å². The molecule has 1 aliphatic rings. The number of rotatable bonds is 4. The SMILES string of the molecule is Cc1ccccc1C(C)n1nc(C(N)=O)c2c1CCN(c1cn[nH]c(=O)c1Cl)C2. The van der Waals surface area contributed by atoms with Crippen molar-refractivity contribution >= 4 is 23.2 Å². The second-order valence-electron chi connectivity index (χ2n) is 7.19. The van der Waals surface area contributed by atoms with Gasteiger partial charge in [-0.05, 0) is 25.0 Å². The minimum absolute atomic E-state index is 0.0468. The van der Waals surface area contributed by atoms with E-state index in [4.69, 9.17) is 17.3 Å². The first kappa shape index (κ1) is 19.2. The van der Waals surface area contributed by atoms with E-state index in [2.05, 4.69) is 41.3 Å². The van der Waals surface area contributed by atoms with Gasteiger partial charge in [-0.15, -0.1) is 0 Å². The fourth-order valence-corrected chi connectivity index (χ4v) is 4.16. The predicted octanol–water partition coefficient (Wildman–Crippen LogP) is 2.20. The molecule has 0 spiro atoms. The number of aromatic amines is 1. The van der Waals surface area contributed by atoms with Crippen LogP contribution in [0, 0.1) is 6.92 Å². The number of halogens is 1. The predicted molar refractivity (Wildman–Crippen MR) is 110 cm³/mol. The van der Waals surface area contributed by atoms with E-state index in [1.54, 1.807) is 0 Å². The lowest BCUT2D eigenvalue weighted by Gasteiger charge is -2.30. The van der Waals surface area contributed by atoms with Crippen molar-refractivity contribution < 1.29 is 4.79 Å². The van der Waals surface area contributed by atoms with Crippen molar-refractivity contribution in [2.45, 2.75) is 32.9 Å². The van der Waals surface area contributed by atoms with Crippen LogP contribution in [0.2, 0.25) is 5.02 Å². The number of carbonyl (C=O) groups excluding carboxylic acids is 1. The van der Waals surface area contributed by atoms with E-state index in [0.717, 1.165) is 22.4 Å². The van der Waals surface area contributed by atoms with Crippen molar-refractivity contribution in [2.75, 3.05) is 11.4 Å². The first-order valence-electron chi connectivity index (χ1n) is 9.32. The topological polar surface area (TPSA) is 110 Å². The van der Waals surface area contributed by atoms with Crippen molar-refractivity contribution in [2.24, 2.45) is 5.73 Å². The first-order chi connectivity index (χ1) is 13.9. The molecule has 3 aromatic rings. The number of hydrogen-bond donors (Lipinski definition) is 2. The van der Waals surface area contributed by atoms with Gasteiger partial charge in [0.25, 0.3) is 11.5 Å². The van der Waals surface area contributed by atoms with Crippen LogP contribution < -0.4 is 16.2 Å². The summed E-state index contributed by atoms with van der Waals surface area (Å²) < 4.78 is 1.90. The van der Waals surface area contributed by atoms with Crippen molar-refractivity contribution in [3.8, 4) is 0 Å². The van der Waals surface area contributed by atoms with Gasteiger partial charge >= 0.3 is 0 Å². The molecule has 150 valence electrons. The zero-order chi connectivity index (χ0) is 20.7. The van der Waals surface area contributed by atoms with Crippen LogP contribution in [0.15, 0.2) is 35.3 Å². The second-order valence-corrected chi connectivity index (χ2v) is 7.56. The molecule has 0 saturated heterocycles. The van der Waals surface area contributed by atoms with Crippen LogP contribution in [0.3, 0.4) is 0 Å². The molecule has 4 rings (SSSR count). The lowest BCUT2D eigenvalue weighted by Crippen LogP contribution is -2.33. The average molecular weight is 413 g/mol. The molecule has 1 aliphatic heterocycles. The van der Waals surface area contributed by atoms with Crippen molar-refractivity contribution in [3.05, 3.63) is 73.9 Å². The molecule has 1 amide bonds. The highest BCUT2D eigenvalue weighted by Crippen LogP contribution is 2.32. The Morgan fingerprint density at radius 2 is 2.10 bits per heavy atom. The number of nitrogens with one attached hydrogen (secondary N) is 1. The van der Waals surface area contributed by atoms with Crippen LogP contribution in [0.25, 0.3) is 0 Å². The molecule has 8 nitrogen and oxygen atoms in total. The van der Waals surface area contributed by atoms with Gasteiger partial charge < -0.3 is 10.6 Å². The van der Waals surface area contributed by atoms with E-state index in [1.165, 1.54) is 6.20 Å². The Bertz CT molecular complexity index is 1150. The first-order valence-corrected chi connectivity index (χ1v) is 9.70. The Morgan fingerprint density at radius 3 is 2.83 bits per heavy atom. The highest BCUT2D eigenvalue weighted by molar-refractivity contribution is 6.33. The molecule has 1 aromatic carbocycles. The summed E-state index contributed by atoms with van der Waals surface area (Å²) in [4.78, 5) is 25.8. The van der Waals surface area contributed by atoms with E-state index >= 15 is 0 Å². The zero-order valence-electron chi connectivity index (χ0n) is 16.1. The summed E-state index contributed by atoms with van der Waals surface area (Å²) in [7, 11) is 0. The van der Waals surface area contributed by atoms with E-state index in [0.29, 0.717) is 25.2 Å². The van der Waals surface area contributed by atoms with Gasteiger partial charge in [-0.3, -0.25) is 14.3 Å². The van der Waals surface area contributed by atoms with Crippen molar-refractivity contribution in [3.63, 3.8) is 0 Å². The molecular weight excluding hydrogens is 392 g/mol. The van der Waals surface area contributed by atoms with Gasteiger partial charge in [0.2, 0.25) is 0 Å². The van der Waals surface area contributed by atoms with Crippen LogP contribution in [0.4, 0.5) is 5.69 Å². The van der Waals surface area contributed by atoms with Gasteiger partial charge in [-0.2, -0.15) is 10.2 Å². The normalized spacial score (nSPS) is 14.5. The molecule has 0 radical (unpaired) electrons. The fraction of sp³-hybridized carbons (Fsp3) is 0.300. The lowest BCUT2D eigenvalue weighted by molar-refractivity contribution is 0.0993. The third kappa shape index (κ3) is 3.29. The highest BCUT2D eigenvalue weighted by Gasteiger charge is 2.30. The number of nitrogens with two attached hydrogens (primary N) is 1. The Morgan fingerprint density at radius 1 is 1.34 bits per heavy atom. The Kier molecular flexibility index (Phi) is 4.87. The highest BCUT2D eigenvalue weighted by atomic mass is 35.5.